The third-order valence-corrected chi connectivity index (χ3v) is 3.16. The van der Waals surface area contributed by atoms with Crippen LogP contribution in [0.2, 0.25) is 0 Å². The Labute approximate surface area is 117 Å². The zero-order valence-corrected chi connectivity index (χ0v) is 11.6. The molecule has 0 saturated carbocycles. The van der Waals surface area contributed by atoms with Gasteiger partial charge in [0.2, 0.25) is 0 Å². The first kappa shape index (κ1) is 13.6. The summed E-state index contributed by atoms with van der Waals surface area (Å²) in [4.78, 5) is 4.27. The predicted molar refractivity (Wildman–Crippen MR) is 75.1 cm³/mol. The van der Waals surface area contributed by atoms with Crippen molar-refractivity contribution < 1.29 is 4.74 Å². The first-order chi connectivity index (χ1) is 9.63. The van der Waals surface area contributed by atoms with Crippen LogP contribution in [-0.4, -0.2) is 12.1 Å². The fraction of sp³-hybridized carbons (Fsp3) is 0.188. The van der Waals surface area contributed by atoms with Gasteiger partial charge in [-0.1, -0.05) is 18.2 Å². The second kappa shape index (κ2) is 5.42. The Hall–Kier alpha value is -2.85. The van der Waals surface area contributed by atoms with E-state index in [0.29, 0.717) is 33.8 Å². The van der Waals surface area contributed by atoms with Gasteiger partial charge in [-0.3, -0.25) is 4.98 Å². The van der Waals surface area contributed by atoms with Gasteiger partial charge < -0.3 is 4.74 Å². The molecule has 1 heterocycles. The molecular weight excluding hydrogens is 250 g/mol. The molecule has 2 rings (SSSR count). The van der Waals surface area contributed by atoms with E-state index in [2.05, 4.69) is 17.1 Å². The molecule has 0 aliphatic heterocycles. The summed E-state index contributed by atoms with van der Waals surface area (Å²) in [5.41, 5.74) is 3.39. The number of rotatable bonds is 2. The Balaban J connectivity index is 2.93. The number of nitrogens with zero attached hydrogens (tertiary/aromatic N) is 3. The van der Waals surface area contributed by atoms with Crippen molar-refractivity contribution in [2.45, 2.75) is 13.8 Å². The number of nitriles is 2. The van der Waals surface area contributed by atoms with Crippen LogP contribution in [0.1, 0.15) is 22.5 Å². The Morgan fingerprint density at radius 1 is 1.00 bits per heavy atom. The lowest BCUT2D eigenvalue weighted by Gasteiger charge is -2.14. The van der Waals surface area contributed by atoms with Crippen molar-refractivity contribution in [3.63, 3.8) is 0 Å². The molecule has 1 aromatic carbocycles. The minimum absolute atomic E-state index is 0.414. The molecule has 98 valence electrons. The topological polar surface area (TPSA) is 69.7 Å². The van der Waals surface area contributed by atoms with Gasteiger partial charge in [0.25, 0.3) is 0 Å². The van der Waals surface area contributed by atoms with Crippen molar-refractivity contribution in [1.82, 2.24) is 4.98 Å². The van der Waals surface area contributed by atoms with Crippen LogP contribution in [0.5, 0.6) is 5.75 Å². The summed E-state index contributed by atoms with van der Waals surface area (Å²) in [6, 6.07) is 11.6. The molecule has 0 unspecified atom stereocenters. The summed E-state index contributed by atoms with van der Waals surface area (Å²) in [6.07, 6.45) is 0. The van der Waals surface area contributed by atoms with Gasteiger partial charge in [-0.05, 0) is 19.9 Å². The van der Waals surface area contributed by atoms with Crippen LogP contribution in [-0.2, 0) is 0 Å². The number of hydrogen-bond acceptors (Lipinski definition) is 4. The number of aromatic nitrogens is 1. The van der Waals surface area contributed by atoms with E-state index in [1.165, 1.54) is 0 Å². The quantitative estimate of drug-likeness (QED) is 0.834. The highest BCUT2D eigenvalue weighted by Gasteiger charge is 2.19. The van der Waals surface area contributed by atoms with Crippen LogP contribution in [0.3, 0.4) is 0 Å². The van der Waals surface area contributed by atoms with Crippen molar-refractivity contribution in [3.05, 3.63) is 46.8 Å². The third-order valence-electron chi connectivity index (χ3n) is 3.16. The SMILES string of the molecule is COc1ccccc1-c1c(C#N)c(C)nc(C)c1C#N. The van der Waals surface area contributed by atoms with E-state index in [1.54, 1.807) is 21.0 Å². The zero-order chi connectivity index (χ0) is 14.7. The summed E-state index contributed by atoms with van der Waals surface area (Å²) in [5, 5.41) is 18.8. The highest BCUT2D eigenvalue weighted by Crippen LogP contribution is 2.36. The third kappa shape index (κ3) is 2.08. The maximum Gasteiger partial charge on any atom is 0.126 e. The maximum absolute atomic E-state index is 9.39. The second-order valence-corrected chi connectivity index (χ2v) is 4.33. The van der Waals surface area contributed by atoms with Crippen LogP contribution < -0.4 is 4.74 Å². The Morgan fingerprint density at radius 3 is 2.05 bits per heavy atom. The normalized spacial score (nSPS) is 9.65. The molecule has 0 amide bonds. The summed E-state index contributed by atoms with van der Waals surface area (Å²) in [6.45, 7) is 3.54. The van der Waals surface area contributed by atoms with E-state index in [-0.39, 0.29) is 0 Å². The summed E-state index contributed by atoms with van der Waals surface area (Å²) in [7, 11) is 1.57. The molecule has 0 atom stereocenters. The first-order valence-corrected chi connectivity index (χ1v) is 6.08. The van der Waals surface area contributed by atoms with Gasteiger partial charge in [-0.15, -0.1) is 0 Å². The molecule has 4 heteroatoms. The molecule has 0 radical (unpaired) electrons. The second-order valence-electron chi connectivity index (χ2n) is 4.33. The fourth-order valence-electron chi connectivity index (χ4n) is 2.24. The standard InChI is InChI=1S/C16H13N3O/c1-10-13(8-17)16(14(9-18)11(2)19-10)12-6-4-5-7-15(12)20-3/h4-7H,1-3H3. The molecule has 0 aliphatic carbocycles. The molecule has 0 saturated heterocycles. The minimum Gasteiger partial charge on any atom is -0.496 e. The molecule has 0 aliphatic rings. The summed E-state index contributed by atoms with van der Waals surface area (Å²) in [5.74, 6) is 0.630. The molecule has 1 aromatic heterocycles. The largest absolute Gasteiger partial charge is 0.496 e. The van der Waals surface area contributed by atoms with Crippen molar-refractivity contribution in [1.29, 1.82) is 10.5 Å². The van der Waals surface area contributed by atoms with E-state index in [4.69, 9.17) is 4.74 Å². The van der Waals surface area contributed by atoms with Crippen LogP contribution >= 0.6 is 0 Å². The number of para-hydroxylation sites is 1. The average Bonchev–Trinajstić information content (AvgIpc) is 2.46. The molecule has 0 N–H and O–H groups in total. The van der Waals surface area contributed by atoms with Crippen molar-refractivity contribution in [3.8, 4) is 29.0 Å². The Bertz CT molecular complexity index is 713. The van der Waals surface area contributed by atoms with Gasteiger partial charge in [0.05, 0.1) is 29.6 Å². The lowest BCUT2D eigenvalue weighted by molar-refractivity contribution is 0.416. The molecule has 0 fully saturated rings. The van der Waals surface area contributed by atoms with E-state index >= 15 is 0 Å². The van der Waals surface area contributed by atoms with E-state index < -0.39 is 0 Å². The average molecular weight is 263 g/mol. The fourth-order valence-corrected chi connectivity index (χ4v) is 2.24. The molecule has 20 heavy (non-hydrogen) atoms. The first-order valence-electron chi connectivity index (χ1n) is 6.08. The summed E-state index contributed by atoms with van der Waals surface area (Å²) >= 11 is 0. The molecule has 2 aromatic rings. The van der Waals surface area contributed by atoms with Gasteiger partial charge >= 0.3 is 0 Å². The molecule has 4 nitrogen and oxygen atoms in total. The predicted octanol–water partition coefficient (Wildman–Crippen LogP) is 3.12. The molecule has 0 spiro atoms. The number of benzene rings is 1. The zero-order valence-electron chi connectivity index (χ0n) is 11.6. The van der Waals surface area contributed by atoms with Gasteiger partial charge in [0.15, 0.2) is 0 Å². The van der Waals surface area contributed by atoms with E-state index in [9.17, 15) is 10.5 Å². The lowest BCUT2D eigenvalue weighted by Crippen LogP contribution is -2.02. The van der Waals surface area contributed by atoms with E-state index in [1.807, 2.05) is 24.3 Å². The summed E-state index contributed by atoms with van der Waals surface area (Å²) < 4.78 is 5.34. The van der Waals surface area contributed by atoms with Crippen molar-refractivity contribution in [2.24, 2.45) is 0 Å². The molecule has 0 bridgehead atoms. The number of aryl methyl sites for hydroxylation is 2. The van der Waals surface area contributed by atoms with Crippen LogP contribution in [0, 0.1) is 36.5 Å². The highest BCUT2D eigenvalue weighted by atomic mass is 16.5. The Morgan fingerprint density at radius 2 is 1.55 bits per heavy atom. The lowest BCUT2D eigenvalue weighted by atomic mass is 9.93. The van der Waals surface area contributed by atoms with Gasteiger partial charge in [-0.2, -0.15) is 10.5 Å². The number of hydrogen-bond donors (Lipinski definition) is 0. The van der Waals surface area contributed by atoms with Gasteiger partial charge in [0.1, 0.15) is 17.9 Å². The number of pyridine rings is 1. The highest BCUT2D eigenvalue weighted by molar-refractivity contribution is 5.81. The van der Waals surface area contributed by atoms with Crippen molar-refractivity contribution >= 4 is 0 Å². The van der Waals surface area contributed by atoms with Crippen LogP contribution in [0.25, 0.3) is 11.1 Å². The molecular formula is C16H13N3O. The van der Waals surface area contributed by atoms with Crippen LogP contribution in [0.15, 0.2) is 24.3 Å². The Kier molecular flexibility index (Phi) is 3.68. The monoisotopic (exact) mass is 263 g/mol. The minimum atomic E-state index is 0.414. The smallest absolute Gasteiger partial charge is 0.126 e. The maximum atomic E-state index is 9.39. The van der Waals surface area contributed by atoms with Gasteiger partial charge in [-0.25, -0.2) is 0 Å². The number of methoxy groups -OCH3 is 1. The van der Waals surface area contributed by atoms with Gasteiger partial charge in [0, 0.05) is 11.1 Å². The van der Waals surface area contributed by atoms with Crippen molar-refractivity contribution in [2.75, 3.05) is 7.11 Å². The number of ether oxygens (including phenoxy) is 1. The van der Waals surface area contributed by atoms with Crippen LogP contribution in [0.4, 0.5) is 0 Å². The van der Waals surface area contributed by atoms with E-state index in [0.717, 1.165) is 5.56 Å².